The second-order valence-electron chi connectivity index (χ2n) is 3.71. The molecule has 0 unspecified atom stereocenters. The van der Waals surface area contributed by atoms with Gasteiger partial charge in [0.2, 0.25) is 0 Å². The van der Waals surface area contributed by atoms with Crippen LogP contribution in [0.5, 0.6) is 0 Å². The second-order valence-corrected chi connectivity index (χ2v) is 4.63. The summed E-state index contributed by atoms with van der Waals surface area (Å²) in [5.41, 5.74) is 0.607. The van der Waals surface area contributed by atoms with E-state index in [1.807, 2.05) is 0 Å². The summed E-state index contributed by atoms with van der Waals surface area (Å²) in [6.45, 7) is 0. The summed E-state index contributed by atoms with van der Waals surface area (Å²) in [7, 11) is 0. The van der Waals surface area contributed by atoms with Gasteiger partial charge in [0.25, 0.3) is 5.69 Å². The number of benzene rings is 2. The molecule has 0 fully saturated rings. The highest BCUT2D eigenvalue weighted by molar-refractivity contribution is 7.80. The molecule has 0 aliphatic heterocycles. The Bertz CT molecular complexity index is 652. The molecule has 1 N–H and O–H groups in total. The van der Waals surface area contributed by atoms with Crippen molar-refractivity contribution >= 4 is 41.3 Å². The standard InChI is InChI=1S/C12H8ClFN2O2S/c13-7-1-3-10(9(14)5-7)15-11-4-2-8(16(17)18)6-12(11)19/h1-6,15,19H. The smallest absolute Gasteiger partial charge is 0.270 e. The quantitative estimate of drug-likeness (QED) is 0.501. The van der Waals surface area contributed by atoms with Gasteiger partial charge in [0, 0.05) is 22.1 Å². The molecular formula is C12H8ClFN2O2S. The van der Waals surface area contributed by atoms with Crippen molar-refractivity contribution in [3.63, 3.8) is 0 Å². The lowest BCUT2D eigenvalue weighted by Crippen LogP contribution is -1.96. The number of thiol groups is 1. The van der Waals surface area contributed by atoms with Gasteiger partial charge in [-0.3, -0.25) is 10.1 Å². The Labute approximate surface area is 118 Å². The van der Waals surface area contributed by atoms with Crippen LogP contribution in [0.1, 0.15) is 0 Å². The molecule has 2 aromatic rings. The molecule has 0 amide bonds. The van der Waals surface area contributed by atoms with E-state index in [2.05, 4.69) is 17.9 Å². The van der Waals surface area contributed by atoms with Crippen LogP contribution in [0.3, 0.4) is 0 Å². The van der Waals surface area contributed by atoms with E-state index in [0.717, 1.165) is 0 Å². The Morgan fingerprint density at radius 1 is 1.21 bits per heavy atom. The minimum absolute atomic E-state index is 0.0767. The number of halogens is 2. The first-order valence-electron chi connectivity index (χ1n) is 5.17. The number of nitro groups is 1. The molecule has 7 heteroatoms. The summed E-state index contributed by atoms with van der Waals surface area (Å²) < 4.78 is 13.6. The zero-order valence-electron chi connectivity index (χ0n) is 9.43. The second kappa shape index (κ2) is 5.46. The largest absolute Gasteiger partial charge is 0.352 e. The van der Waals surface area contributed by atoms with Gasteiger partial charge in [0.1, 0.15) is 5.82 Å². The van der Waals surface area contributed by atoms with Crippen molar-refractivity contribution in [3.05, 3.63) is 57.4 Å². The SMILES string of the molecule is O=[N+]([O-])c1ccc(Nc2ccc(Cl)cc2F)c(S)c1. The van der Waals surface area contributed by atoms with Gasteiger partial charge in [-0.2, -0.15) is 0 Å². The fraction of sp³-hybridized carbons (Fsp3) is 0. The van der Waals surface area contributed by atoms with Crippen LogP contribution in [-0.2, 0) is 0 Å². The summed E-state index contributed by atoms with van der Waals surface area (Å²) >= 11 is 9.78. The minimum atomic E-state index is -0.521. The Morgan fingerprint density at radius 2 is 1.89 bits per heavy atom. The Morgan fingerprint density at radius 3 is 2.47 bits per heavy atom. The lowest BCUT2D eigenvalue weighted by atomic mass is 10.2. The number of rotatable bonds is 3. The predicted molar refractivity (Wildman–Crippen MR) is 75.0 cm³/mol. The first-order chi connectivity index (χ1) is 8.97. The molecule has 2 aromatic carbocycles. The third-order valence-electron chi connectivity index (χ3n) is 2.39. The molecule has 0 saturated carbocycles. The predicted octanol–water partition coefficient (Wildman–Crippen LogP) is 4.42. The summed E-state index contributed by atoms with van der Waals surface area (Å²) in [4.78, 5) is 10.4. The Kier molecular flexibility index (Phi) is 3.92. The number of non-ortho nitro benzene ring substituents is 1. The fourth-order valence-corrected chi connectivity index (χ4v) is 1.90. The van der Waals surface area contributed by atoms with E-state index >= 15 is 0 Å². The zero-order chi connectivity index (χ0) is 14.0. The van der Waals surface area contributed by atoms with Gasteiger partial charge < -0.3 is 5.32 Å². The topological polar surface area (TPSA) is 55.2 Å². The van der Waals surface area contributed by atoms with Crippen molar-refractivity contribution in [1.29, 1.82) is 0 Å². The third-order valence-corrected chi connectivity index (χ3v) is 3.00. The highest BCUT2D eigenvalue weighted by atomic mass is 35.5. The molecule has 19 heavy (non-hydrogen) atoms. The van der Waals surface area contributed by atoms with E-state index < -0.39 is 10.7 Å². The number of nitrogens with zero attached hydrogens (tertiary/aromatic N) is 1. The van der Waals surface area contributed by atoms with E-state index in [1.165, 1.54) is 36.4 Å². The number of anilines is 2. The van der Waals surface area contributed by atoms with Crippen LogP contribution in [0.15, 0.2) is 41.3 Å². The maximum absolute atomic E-state index is 13.6. The minimum Gasteiger partial charge on any atom is -0.352 e. The van der Waals surface area contributed by atoms with Crippen LogP contribution in [0.25, 0.3) is 0 Å². The first-order valence-corrected chi connectivity index (χ1v) is 5.99. The average molecular weight is 299 g/mol. The van der Waals surface area contributed by atoms with Crippen molar-refractivity contribution in [2.24, 2.45) is 0 Å². The van der Waals surface area contributed by atoms with E-state index in [9.17, 15) is 14.5 Å². The van der Waals surface area contributed by atoms with Gasteiger partial charge in [-0.15, -0.1) is 12.6 Å². The van der Waals surface area contributed by atoms with E-state index in [1.54, 1.807) is 0 Å². The number of hydrogen-bond acceptors (Lipinski definition) is 4. The van der Waals surface area contributed by atoms with Gasteiger partial charge >= 0.3 is 0 Å². The van der Waals surface area contributed by atoms with Gasteiger partial charge in [-0.1, -0.05) is 11.6 Å². The maximum Gasteiger partial charge on any atom is 0.270 e. The number of hydrogen-bond donors (Lipinski definition) is 2. The molecule has 2 rings (SSSR count). The average Bonchev–Trinajstić information content (AvgIpc) is 2.34. The summed E-state index contributed by atoms with van der Waals surface area (Å²) in [5.74, 6) is -0.515. The summed E-state index contributed by atoms with van der Waals surface area (Å²) in [5, 5.41) is 13.7. The molecule has 0 aliphatic carbocycles. The van der Waals surface area contributed by atoms with Crippen LogP contribution in [0.2, 0.25) is 5.02 Å². The van der Waals surface area contributed by atoms with Gasteiger partial charge in [-0.25, -0.2) is 4.39 Å². The van der Waals surface area contributed by atoms with Crippen LogP contribution in [-0.4, -0.2) is 4.92 Å². The highest BCUT2D eigenvalue weighted by Gasteiger charge is 2.10. The molecule has 0 aliphatic rings. The molecule has 0 bridgehead atoms. The lowest BCUT2D eigenvalue weighted by molar-refractivity contribution is -0.385. The highest BCUT2D eigenvalue weighted by Crippen LogP contribution is 2.29. The van der Waals surface area contributed by atoms with Crippen LogP contribution >= 0.6 is 24.2 Å². The van der Waals surface area contributed by atoms with Crippen LogP contribution in [0, 0.1) is 15.9 Å². The van der Waals surface area contributed by atoms with Crippen molar-refractivity contribution in [3.8, 4) is 0 Å². The van der Waals surface area contributed by atoms with Gasteiger partial charge in [-0.05, 0) is 24.3 Å². The monoisotopic (exact) mass is 298 g/mol. The Balaban J connectivity index is 2.31. The van der Waals surface area contributed by atoms with Crippen molar-refractivity contribution in [2.75, 3.05) is 5.32 Å². The van der Waals surface area contributed by atoms with Crippen molar-refractivity contribution < 1.29 is 9.31 Å². The number of nitrogens with one attached hydrogen (secondary N) is 1. The molecule has 0 radical (unpaired) electrons. The van der Waals surface area contributed by atoms with E-state index in [-0.39, 0.29) is 16.4 Å². The maximum atomic E-state index is 13.6. The molecule has 0 saturated heterocycles. The molecular weight excluding hydrogens is 291 g/mol. The van der Waals surface area contributed by atoms with Crippen LogP contribution < -0.4 is 5.32 Å². The molecule has 0 atom stereocenters. The van der Waals surface area contributed by atoms with Crippen LogP contribution in [0.4, 0.5) is 21.5 Å². The molecule has 4 nitrogen and oxygen atoms in total. The van der Waals surface area contributed by atoms with Crippen molar-refractivity contribution in [1.82, 2.24) is 0 Å². The molecule has 0 aromatic heterocycles. The number of nitro benzene ring substituents is 1. The lowest BCUT2D eigenvalue weighted by Gasteiger charge is -2.09. The molecule has 98 valence electrons. The van der Waals surface area contributed by atoms with Gasteiger partial charge in [0.05, 0.1) is 16.3 Å². The third kappa shape index (κ3) is 3.15. The van der Waals surface area contributed by atoms with E-state index in [4.69, 9.17) is 11.6 Å². The first kappa shape index (κ1) is 13.6. The molecule has 0 spiro atoms. The van der Waals surface area contributed by atoms with E-state index in [0.29, 0.717) is 10.6 Å². The fourth-order valence-electron chi connectivity index (χ4n) is 1.48. The van der Waals surface area contributed by atoms with Gasteiger partial charge in [0.15, 0.2) is 0 Å². The van der Waals surface area contributed by atoms with Crippen molar-refractivity contribution in [2.45, 2.75) is 4.90 Å². The normalized spacial score (nSPS) is 10.3. The molecule has 0 heterocycles. The summed E-state index contributed by atoms with van der Waals surface area (Å²) in [6.07, 6.45) is 0. The zero-order valence-corrected chi connectivity index (χ0v) is 11.1. The Hall–Kier alpha value is -1.79. The summed E-state index contributed by atoms with van der Waals surface area (Å²) in [6, 6.07) is 8.26.